The average Bonchev–Trinajstić information content (AvgIpc) is 2.47. The molecular weight excluding hydrogens is 206 g/mol. The van der Waals surface area contributed by atoms with Gasteiger partial charge < -0.3 is 0 Å². The molecule has 0 aromatic carbocycles. The van der Waals surface area contributed by atoms with Crippen molar-refractivity contribution in [3.8, 4) is 0 Å². The Bertz CT molecular complexity index is 560. The van der Waals surface area contributed by atoms with Gasteiger partial charge in [-0.2, -0.15) is 10.3 Å². The van der Waals surface area contributed by atoms with E-state index >= 15 is 0 Å². The van der Waals surface area contributed by atoms with Gasteiger partial charge in [0.25, 0.3) is 0 Å². The Morgan fingerprint density at radius 3 is 2.93 bits per heavy atom. The maximum atomic E-state index is 10.8. The van der Waals surface area contributed by atoms with Crippen LogP contribution in [0.15, 0.2) is 12.3 Å². The Morgan fingerprint density at radius 1 is 1.43 bits per heavy atom. The number of pyridine rings is 1. The molecule has 0 bridgehead atoms. The molecule has 2 aromatic rings. The summed E-state index contributed by atoms with van der Waals surface area (Å²) in [5.74, 6) is -0.247. The van der Waals surface area contributed by atoms with E-state index in [9.17, 15) is 8.42 Å². The summed E-state index contributed by atoms with van der Waals surface area (Å²) in [6.07, 6.45) is 1.41. The smallest absolute Gasteiger partial charge is 0.213 e. The average molecular weight is 213 g/mol. The van der Waals surface area contributed by atoms with Gasteiger partial charge in [-0.3, -0.25) is 0 Å². The van der Waals surface area contributed by atoms with Crippen molar-refractivity contribution in [3.05, 3.63) is 17.8 Å². The van der Waals surface area contributed by atoms with Crippen molar-refractivity contribution < 1.29 is 8.42 Å². The zero-order valence-electron chi connectivity index (χ0n) is 7.01. The van der Waals surface area contributed by atoms with Crippen LogP contribution >= 0.6 is 0 Å². The second-order valence-corrected chi connectivity index (χ2v) is 4.43. The number of nitrogens with one attached hydrogen (secondary N) is 1. The largest absolute Gasteiger partial charge is 0.233 e. The lowest BCUT2D eigenvalue weighted by Crippen LogP contribution is -2.14. The maximum Gasteiger partial charge on any atom is 0.213 e. The molecule has 0 unspecified atom stereocenters. The monoisotopic (exact) mass is 213 g/mol. The summed E-state index contributed by atoms with van der Waals surface area (Å²) in [7, 11) is -3.53. The van der Waals surface area contributed by atoms with Gasteiger partial charge >= 0.3 is 0 Å². The molecule has 74 valence electrons. The highest BCUT2D eigenvalue weighted by molar-refractivity contribution is 7.88. The zero-order chi connectivity index (χ0) is 10.2. The number of sulfonamides is 1. The number of aromatic amines is 1. The first-order valence-electron chi connectivity index (χ1n) is 3.70. The summed E-state index contributed by atoms with van der Waals surface area (Å²) in [6, 6.07) is 1.58. The molecule has 0 amide bonds. The molecule has 0 aliphatic rings. The van der Waals surface area contributed by atoms with E-state index in [0.717, 1.165) is 0 Å². The Labute approximate surface area is 79.4 Å². The first-order valence-corrected chi connectivity index (χ1v) is 5.42. The van der Waals surface area contributed by atoms with E-state index in [0.29, 0.717) is 16.7 Å². The molecule has 14 heavy (non-hydrogen) atoms. The normalized spacial score (nSPS) is 12.1. The molecule has 0 spiro atoms. The lowest BCUT2D eigenvalue weighted by molar-refractivity contribution is 0.597. The van der Waals surface area contributed by atoms with Crippen molar-refractivity contribution in [1.82, 2.24) is 20.4 Å². The summed E-state index contributed by atoms with van der Waals surface area (Å²) in [5, 5.41) is 14.8. The molecule has 2 heterocycles. The quantitative estimate of drug-likeness (QED) is 0.673. The molecule has 8 heteroatoms. The Hall–Kier alpha value is -1.54. The second-order valence-electron chi connectivity index (χ2n) is 2.82. The number of nitrogens with two attached hydrogens (primary N) is 1. The van der Waals surface area contributed by atoms with E-state index in [1.807, 2.05) is 0 Å². The van der Waals surface area contributed by atoms with Crippen molar-refractivity contribution in [2.75, 3.05) is 0 Å². The number of fused-ring (bicyclic) bond motifs is 1. The first-order chi connectivity index (χ1) is 6.54. The van der Waals surface area contributed by atoms with Gasteiger partial charge in [0.05, 0.1) is 5.75 Å². The highest BCUT2D eigenvalue weighted by Gasteiger charge is 2.07. The van der Waals surface area contributed by atoms with E-state index in [-0.39, 0.29) is 5.75 Å². The molecule has 2 aromatic heterocycles. The van der Waals surface area contributed by atoms with Crippen LogP contribution in [-0.2, 0) is 15.8 Å². The van der Waals surface area contributed by atoms with E-state index in [2.05, 4.69) is 20.4 Å². The van der Waals surface area contributed by atoms with E-state index in [4.69, 9.17) is 5.14 Å². The van der Waals surface area contributed by atoms with E-state index < -0.39 is 10.0 Å². The summed E-state index contributed by atoms with van der Waals surface area (Å²) in [6.45, 7) is 0. The molecule has 0 aliphatic heterocycles. The SMILES string of the molecule is NS(=O)(=O)Cc1cnc2n[nH]nc2c1. The minimum Gasteiger partial charge on any atom is -0.233 e. The molecule has 2 rings (SSSR count). The molecule has 0 atom stereocenters. The number of hydrogen-bond donors (Lipinski definition) is 2. The number of rotatable bonds is 2. The third kappa shape index (κ3) is 1.86. The van der Waals surface area contributed by atoms with Crippen LogP contribution in [0.2, 0.25) is 0 Å². The fourth-order valence-electron chi connectivity index (χ4n) is 1.09. The molecule has 0 fully saturated rings. The molecule has 0 radical (unpaired) electrons. The standard InChI is InChI=1S/C6H7N5O2S/c7-14(12,13)3-4-1-5-6(8-2-4)10-11-9-5/h1-2H,3H2,(H2,7,12,13)(H,8,9,10,11). The molecule has 0 saturated carbocycles. The van der Waals surface area contributed by atoms with Crippen LogP contribution in [0.5, 0.6) is 0 Å². The van der Waals surface area contributed by atoms with Gasteiger partial charge in [0, 0.05) is 6.20 Å². The minimum absolute atomic E-state index is 0.247. The number of H-pyrrole nitrogens is 1. The number of nitrogens with zero attached hydrogens (tertiary/aromatic N) is 3. The predicted octanol–water partition coefficient (Wildman–Crippen LogP) is -0.859. The summed E-state index contributed by atoms with van der Waals surface area (Å²) in [5.41, 5.74) is 1.46. The number of hydrogen-bond acceptors (Lipinski definition) is 5. The predicted molar refractivity (Wildman–Crippen MR) is 48.5 cm³/mol. The van der Waals surface area contributed by atoms with Crippen molar-refractivity contribution in [2.45, 2.75) is 5.75 Å². The fourth-order valence-corrected chi connectivity index (χ4v) is 1.72. The third-order valence-electron chi connectivity index (χ3n) is 1.60. The zero-order valence-corrected chi connectivity index (χ0v) is 7.82. The minimum atomic E-state index is -3.53. The van der Waals surface area contributed by atoms with Crippen LogP contribution in [0.25, 0.3) is 11.2 Å². The van der Waals surface area contributed by atoms with Gasteiger partial charge in [-0.15, -0.1) is 5.10 Å². The van der Waals surface area contributed by atoms with Crippen LogP contribution in [0.3, 0.4) is 0 Å². The highest BCUT2D eigenvalue weighted by atomic mass is 32.2. The van der Waals surface area contributed by atoms with Crippen molar-refractivity contribution in [2.24, 2.45) is 5.14 Å². The maximum absolute atomic E-state index is 10.8. The van der Waals surface area contributed by atoms with Crippen LogP contribution in [-0.4, -0.2) is 28.8 Å². The fraction of sp³-hybridized carbons (Fsp3) is 0.167. The third-order valence-corrected chi connectivity index (χ3v) is 2.33. The molecule has 3 N–H and O–H groups in total. The van der Waals surface area contributed by atoms with Gasteiger partial charge in [0.1, 0.15) is 5.52 Å². The van der Waals surface area contributed by atoms with Gasteiger partial charge in [-0.1, -0.05) is 0 Å². The van der Waals surface area contributed by atoms with Crippen molar-refractivity contribution >= 4 is 21.2 Å². The summed E-state index contributed by atoms with van der Waals surface area (Å²) < 4.78 is 21.6. The highest BCUT2D eigenvalue weighted by Crippen LogP contribution is 2.08. The Kier molecular flexibility index (Phi) is 1.93. The Morgan fingerprint density at radius 2 is 2.21 bits per heavy atom. The van der Waals surface area contributed by atoms with Gasteiger partial charge in [0.15, 0.2) is 0 Å². The van der Waals surface area contributed by atoms with Crippen LogP contribution in [0, 0.1) is 0 Å². The van der Waals surface area contributed by atoms with Crippen LogP contribution in [0.1, 0.15) is 5.56 Å². The second kappa shape index (κ2) is 3.00. The van der Waals surface area contributed by atoms with Crippen molar-refractivity contribution in [1.29, 1.82) is 0 Å². The molecule has 7 nitrogen and oxygen atoms in total. The van der Waals surface area contributed by atoms with Gasteiger partial charge in [-0.25, -0.2) is 18.5 Å². The Balaban J connectivity index is 2.44. The van der Waals surface area contributed by atoms with Crippen molar-refractivity contribution in [3.63, 3.8) is 0 Å². The molecular formula is C6H7N5O2S. The summed E-state index contributed by atoms with van der Waals surface area (Å²) >= 11 is 0. The lowest BCUT2D eigenvalue weighted by atomic mass is 10.3. The van der Waals surface area contributed by atoms with Gasteiger partial charge in [0.2, 0.25) is 15.7 Å². The first kappa shape index (κ1) is 9.03. The number of aromatic nitrogens is 4. The van der Waals surface area contributed by atoms with Crippen LogP contribution in [0.4, 0.5) is 0 Å². The topological polar surface area (TPSA) is 115 Å². The van der Waals surface area contributed by atoms with Crippen LogP contribution < -0.4 is 5.14 Å². The lowest BCUT2D eigenvalue weighted by Gasteiger charge is -1.96. The van der Waals surface area contributed by atoms with E-state index in [1.165, 1.54) is 6.20 Å². The molecule has 0 aliphatic carbocycles. The number of primary sulfonamides is 1. The van der Waals surface area contributed by atoms with Gasteiger partial charge in [-0.05, 0) is 11.6 Å². The van der Waals surface area contributed by atoms with E-state index in [1.54, 1.807) is 6.07 Å². The molecule has 0 saturated heterocycles. The summed E-state index contributed by atoms with van der Waals surface area (Å²) in [4.78, 5) is 3.90.